The number of nitrogens with zero attached hydrogens (tertiary/aromatic N) is 2. The highest BCUT2D eigenvalue weighted by Gasteiger charge is 2.19. The number of hydrogen-bond donors (Lipinski definition) is 2. The summed E-state index contributed by atoms with van der Waals surface area (Å²) in [5.41, 5.74) is 6.95. The summed E-state index contributed by atoms with van der Waals surface area (Å²) in [5, 5.41) is 12.7. The Labute approximate surface area is 114 Å². The van der Waals surface area contributed by atoms with Crippen molar-refractivity contribution in [1.29, 1.82) is 0 Å². The molecular weight excluding hydrogens is 262 g/mol. The number of aliphatic carboxylic acids is 1. The maximum absolute atomic E-state index is 11.7. The Morgan fingerprint density at radius 3 is 2.70 bits per heavy atom. The van der Waals surface area contributed by atoms with Gasteiger partial charge in [-0.25, -0.2) is 14.3 Å². The molecule has 0 amide bonds. The van der Waals surface area contributed by atoms with Crippen LogP contribution in [-0.2, 0) is 9.53 Å². The quantitative estimate of drug-likeness (QED) is 0.638. The average molecular weight is 275 g/mol. The SMILES string of the molecule is CC(OC(=O)c1ccn(-c2ccccc2N)n1)C(=O)O. The number of hydrogen-bond acceptors (Lipinski definition) is 5. The molecule has 1 unspecified atom stereocenters. The van der Waals surface area contributed by atoms with Gasteiger partial charge in [-0.05, 0) is 25.1 Å². The molecule has 2 aromatic rings. The van der Waals surface area contributed by atoms with E-state index in [-0.39, 0.29) is 5.69 Å². The molecule has 0 aliphatic rings. The summed E-state index contributed by atoms with van der Waals surface area (Å²) >= 11 is 0. The van der Waals surface area contributed by atoms with Crippen molar-refractivity contribution in [3.05, 3.63) is 42.2 Å². The minimum Gasteiger partial charge on any atom is -0.479 e. The average Bonchev–Trinajstić information content (AvgIpc) is 2.88. The van der Waals surface area contributed by atoms with Gasteiger partial charge in [0.2, 0.25) is 0 Å². The Morgan fingerprint density at radius 2 is 2.05 bits per heavy atom. The normalized spacial score (nSPS) is 11.8. The van der Waals surface area contributed by atoms with Crippen LogP contribution in [0.25, 0.3) is 5.69 Å². The Kier molecular flexibility index (Phi) is 3.69. The van der Waals surface area contributed by atoms with Crippen molar-refractivity contribution in [2.45, 2.75) is 13.0 Å². The third-order valence-electron chi connectivity index (χ3n) is 2.61. The first-order chi connectivity index (χ1) is 9.49. The fourth-order valence-electron chi connectivity index (χ4n) is 1.53. The van der Waals surface area contributed by atoms with Crippen LogP contribution in [0, 0.1) is 0 Å². The lowest BCUT2D eigenvalue weighted by molar-refractivity contribution is -0.146. The Hall–Kier alpha value is -2.83. The van der Waals surface area contributed by atoms with E-state index >= 15 is 0 Å². The molecule has 1 aromatic carbocycles. The predicted molar refractivity (Wildman–Crippen MR) is 70.5 cm³/mol. The zero-order valence-corrected chi connectivity index (χ0v) is 10.7. The third-order valence-corrected chi connectivity index (χ3v) is 2.61. The molecule has 0 bridgehead atoms. The molecule has 0 saturated carbocycles. The lowest BCUT2D eigenvalue weighted by Crippen LogP contribution is -2.23. The summed E-state index contributed by atoms with van der Waals surface area (Å²) in [7, 11) is 0. The molecule has 3 N–H and O–H groups in total. The molecule has 20 heavy (non-hydrogen) atoms. The summed E-state index contributed by atoms with van der Waals surface area (Å²) in [6, 6.07) is 8.46. The second kappa shape index (κ2) is 5.43. The highest BCUT2D eigenvalue weighted by molar-refractivity contribution is 5.89. The number of carbonyl (C=O) groups is 2. The highest BCUT2D eigenvalue weighted by Crippen LogP contribution is 2.16. The van der Waals surface area contributed by atoms with E-state index in [1.54, 1.807) is 30.5 Å². The lowest BCUT2D eigenvalue weighted by atomic mass is 10.3. The largest absolute Gasteiger partial charge is 0.479 e. The maximum Gasteiger partial charge on any atom is 0.359 e. The van der Waals surface area contributed by atoms with E-state index in [1.807, 2.05) is 0 Å². The molecule has 7 nitrogen and oxygen atoms in total. The minimum atomic E-state index is -1.23. The van der Waals surface area contributed by atoms with E-state index in [9.17, 15) is 9.59 Å². The summed E-state index contributed by atoms with van der Waals surface area (Å²) in [6.07, 6.45) is 0.322. The molecule has 0 aliphatic heterocycles. The van der Waals surface area contributed by atoms with E-state index in [0.717, 1.165) is 0 Å². The Morgan fingerprint density at radius 1 is 1.35 bits per heavy atom. The first-order valence-electron chi connectivity index (χ1n) is 5.83. The number of para-hydroxylation sites is 2. The van der Waals surface area contributed by atoms with Gasteiger partial charge in [0.25, 0.3) is 0 Å². The zero-order chi connectivity index (χ0) is 14.7. The molecule has 7 heteroatoms. The second-order valence-electron chi connectivity index (χ2n) is 4.09. The number of anilines is 1. The van der Waals surface area contributed by atoms with Crippen molar-refractivity contribution in [3.8, 4) is 5.69 Å². The smallest absolute Gasteiger partial charge is 0.359 e. The number of esters is 1. The van der Waals surface area contributed by atoms with Gasteiger partial charge in [0.1, 0.15) is 0 Å². The molecule has 0 fully saturated rings. The van der Waals surface area contributed by atoms with Crippen molar-refractivity contribution in [3.63, 3.8) is 0 Å². The van der Waals surface area contributed by atoms with Crippen LogP contribution in [0.3, 0.4) is 0 Å². The van der Waals surface area contributed by atoms with Gasteiger partial charge in [0.05, 0.1) is 11.4 Å². The molecule has 2 rings (SSSR count). The molecular formula is C13H13N3O4. The molecule has 1 aromatic heterocycles. The zero-order valence-electron chi connectivity index (χ0n) is 10.7. The molecule has 0 spiro atoms. The van der Waals surface area contributed by atoms with Crippen LogP contribution in [0.15, 0.2) is 36.5 Å². The molecule has 1 atom stereocenters. The number of benzene rings is 1. The molecule has 0 aliphatic carbocycles. The minimum absolute atomic E-state index is 0.0151. The van der Waals surface area contributed by atoms with E-state index in [0.29, 0.717) is 11.4 Å². The number of carboxylic acid groups (broad SMARTS) is 1. The van der Waals surface area contributed by atoms with E-state index in [2.05, 4.69) is 5.10 Å². The Balaban J connectivity index is 2.19. The van der Waals surface area contributed by atoms with Crippen LogP contribution in [-0.4, -0.2) is 32.9 Å². The number of aromatic nitrogens is 2. The lowest BCUT2D eigenvalue weighted by Gasteiger charge is -2.07. The number of carboxylic acids is 1. The van der Waals surface area contributed by atoms with Crippen molar-refractivity contribution < 1.29 is 19.4 Å². The molecule has 1 heterocycles. The van der Waals surface area contributed by atoms with E-state index in [4.69, 9.17) is 15.6 Å². The van der Waals surface area contributed by atoms with Gasteiger partial charge in [0, 0.05) is 6.20 Å². The number of ether oxygens (including phenoxy) is 1. The third kappa shape index (κ3) is 2.77. The number of rotatable bonds is 4. The number of carbonyl (C=O) groups excluding carboxylic acids is 1. The van der Waals surface area contributed by atoms with Crippen LogP contribution in [0.1, 0.15) is 17.4 Å². The predicted octanol–water partition coefficient (Wildman–Crippen LogP) is 1.08. The van der Waals surface area contributed by atoms with Gasteiger partial charge in [-0.1, -0.05) is 12.1 Å². The van der Waals surface area contributed by atoms with Gasteiger partial charge < -0.3 is 15.6 Å². The van der Waals surface area contributed by atoms with Gasteiger partial charge in [-0.2, -0.15) is 5.10 Å². The second-order valence-corrected chi connectivity index (χ2v) is 4.09. The monoisotopic (exact) mass is 275 g/mol. The fourth-order valence-corrected chi connectivity index (χ4v) is 1.53. The van der Waals surface area contributed by atoms with Crippen molar-refractivity contribution in [2.24, 2.45) is 0 Å². The van der Waals surface area contributed by atoms with Crippen LogP contribution in [0.4, 0.5) is 5.69 Å². The highest BCUT2D eigenvalue weighted by atomic mass is 16.6. The summed E-state index contributed by atoms with van der Waals surface area (Å²) in [5.74, 6) is -2.02. The van der Waals surface area contributed by atoms with E-state index in [1.165, 1.54) is 17.7 Å². The van der Waals surface area contributed by atoms with Crippen LogP contribution in [0.5, 0.6) is 0 Å². The molecule has 104 valence electrons. The van der Waals surface area contributed by atoms with Gasteiger partial charge in [-0.3, -0.25) is 0 Å². The van der Waals surface area contributed by atoms with Crippen LogP contribution in [0.2, 0.25) is 0 Å². The Bertz CT molecular complexity index is 651. The molecule has 0 radical (unpaired) electrons. The fraction of sp³-hybridized carbons (Fsp3) is 0.154. The first-order valence-corrected chi connectivity index (χ1v) is 5.83. The van der Waals surface area contributed by atoms with Crippen molar-refractivity contribution in [2.75, 3.05) is 5.73 Å². The standard InChI is InChI=1S/C13H13N3O4/c1-8(12(17)18)20-13(19)10-6-7-16(15-10)11-5-3-2-4-9(11)14/h2-8H,14H2,1H3,(H,17,18). The van der Waals surface area contributed by atoms with Gasteiger partial charge in [0.15, 0.2) is 11.8 Å². The van der Waals surface area contributed by atoms with Crippen molar-refractivity contribution in [1.82, 2.24) is 9.78 Å². The van der Waals surface area contributed by atoms with Crippen molar-refractivity contribution >= 4 is 17.6 Å². The summed E-state index contributed by atoms with van der Waals surface area (Å²) in [4.78, 5) is 22.3. The first kappa shape index (κ1) is 13.6. The van der Waals surface area contributed by atoms with Gasteiger partial charge >= 0.3 is 11.9 Å². The topological polar surface area (TPSA) is 107 Å². The van der Waals surface area contributed by atoms with Crippen LogP contribution >= 0.6 is 0 Å². The van der Waals surface area contributed by atoms with E-state index < -0.39 is 18.0 Å². The molecule has 0 saturated heterocycles. The van der Waals surface area contributed by atoms with Gasteiger partial charge in [-0.15, -0.1) is 0 Å². The number of nitrogen functional groups attached to an aromatic ring is 1. The number of nitrogens with two attached hydrogens (primary N) is 1. The maximum atomic E-state index is 11.7. The summed E-state index contributed by atoms with van der Waals surface area (Å²) in [6.45, 7) is 1.27. The summed E-state index contributed by atoms with van der Waals surface area (Å²) < 4.78 is 6.16. The van der Waals surface area contributed by atoms with Crippen LogP contribution < -0.4 is 5.73 Å².